The number of hydrogen-bond donors (Lipinski definition) is 4. The molecule has 10 nitrogen and oxygen atoms in total. The Morgan fingerprint density at radius 1 is 1.28 bits per heavy atom. The number of imidazole rings is 1. The van der Waals surface area contributed by atoms with Gasteiger partial charge in [0.15, 0.2) is 0 Å². The van der Waals surface area contributed by atoms with Crippen molar-refractivity contribution in [3.8, 4) is 0 Å². The Bertz CT molecular complexity index is 1010. The van der Waals surface area contributed by atoms with E-state index in [1.165, 1.54) is 24.5 Å². The van der Waals surface area contributed by atoms with E-state index in [-0.39, 0.29) is 23.9 Å². The number of carbonyl (C=O) groups excluding carboxylic acids is 1. The zero-order chi connectivity index (χ0) is 23.6. The molecule has 0 bridgehead atoms. The number of thioether (sulfide) groups is 1. The predicted molar refractivity (Wildman–Crippen MR) is 128 cm³/mol. The molecule has 0 atom stereocenters. The summed E-state index contributed by atoms with van der Waals surface area (Å²) in [6.45, 7) is 2.50. The molecule has 15 heteroatoms. The Labute approximate surface area is 205 Å². The van der Waals surface area contributed by atoms with Gasteiger partial charge in [0.2, 0.25) is 5.96 Å². The third-order valence-corrected chi connectivity index (χ3v) is 6.60. The van der Waals surface area contributed by atoms with E-state index >= 15 is 0 Å². The van der Waals surface area contributed by atoms with E-state index in [1.807, 2.05) is 6.92 Å². The van der Waals surface area contributed by atoms with Crippen molar-refractivity contribution >= 4 is 68.5 Å². The van der Waals surface area contributed by atoms with Gasteiger partial charge in [-0.05, 0) is 19.1 Å². The Balaban J connectivity index is 1.94. The third-order valence-electron chi connectivity index (χ3n) is 3.81. The number of H-pyrrole nitrogens is 1. The van der Waals surface area contributed by atoms with Crippen molar-refractivity contribution in [2.75, 3.05) is 25.4 Å². The Morgan fingerprint density at radius 3 is 2.66 bits per heavy atom. The lowest BCUT2D eigenvalue weighted by Crippen LogP contribution is -2.45. The molecular formula is C17H22Cl3N7O3S2. The first kappa shape index (κ1) is 26.5. The number of sulfonamides is 1. The molecule has 0 saturated heterocycles. The number of aliphatic imine (C=N–C) groups is 1. The molecule has 0 spiro atoms. The van der Waals surface area contributed by atoms with Crippen molar-refractivity contribution < 1.29 is 13.2 Å². The molecule has 0 aliphatic heterocycles. The summed E-state index contributed by atoms with van der Waals surface area (Å²) in [5, 5.41) is 5.25. The van der Waals surface area contributed by atoms with Crippen LogP contribution >= 0.6 is 46.6 Å². The zero-order valence-corrected chi connectivity index (χ0v) is 20.8. The second-order valence-electron chi connectivity index (χ2n) is 6.23. The number of aromatic nitrogens is 3. The standard InChI is InChI=1S/C17H22Cl3N7O3S2/c1-12-14(26-11-25-12)10-31-8-7-24-16(23-6-5-22-15(28)17(18,19)20)27-32(29,30)13-3-2-4-21-9-13/h2-4,9,11H,5-8,10H2,1H3,(H,22,28)(H,25,26)(H2,23,24,27). The van der Waals surface area contributed by atoms with E-state index < -0.39 is 19.7 Å². The third kappa shape index (κ3) is 9.02. The second-order valence-corrected chi connectivity index (χ2v) is 11.3. The van der Waals surface area contributed by atoms with Crippen molar-refractivity contribution in [2.45, 2.75) is 21.4 Å². The van der Waals surface area contributed by atoms with Crippen LogP contribution in [-0.2, 0) is 20.6 Å². The van der Waals surface area contributed by atoms with E-state index in [4.69, 9.17) is 34.8 Å². The quantitative estimate of drug-likeness (QED) is 0.155. The number of hydrogen-bond acceptors (Lipinski definition) is 7. The highest BCUT2D eigenvalue weighted by Gasteiger charge is 2.29. The fourth-order valence-electron chi connectivity index (χ4n) is 2.20. The smallest absolute Gasteiger partial charge is 0.272 e. The number of nitrogens with zero attached hydrogens (tertiary/aromatic N) is 3. The molecule has 0 saturated carbocycles. The second kappa shape index (κ2) is 12.5. The van der Waals surface area contributed by atoms with Gasteiger partial charge in [-0.2, -0.15) is 11.8 Å². The minimum Gasteiger partial charge on any atom is -0.354 e. The van der Waals surface area contributed by atoms with Crippen LogP contribution in [-0.4, -0.2) is 64.4 Å². The SMILES string of the molecule is Cc1[nH]cnc1CSCCN=C(NCCNC(=O)C(Cl)(Cl)Cl)NS(=O)(=O)c1cccnc1. The first-order valence-corrected chi connectivity index (χ1v) is 13.0. The van der Waals surface area contributed by atoms with Gasteiger partial charge >= 0.3 is 0 Å². The molecule has 0 fully saturated rings. The average Bonchev–Trinajstić information content (AvgIpc) is 3.15. The number of carbonyl (C=O) groups is 1. The number of aryl methyl sites for hydroxylation is 1. The summed E-state index contributed by atoms with van der Waals surface area (Å²) >= 11 is 18.1. The number of rotatable bonds is 10. The lowest BCUT2D eigenvalue weighted by molar-refractivity contribution is -0.120. The number of pyridine rings is 1. The maximum Gasteiger partial charge on any atom is 0.272 e. The minimum absolute atomic E-state index is 0.0117. The van der Waals surface area contributed by atoms with Gasteiger partial charge in [0.1, 0.15) is 4.90 Å². The fraction of sp³-hybridized carbons (Fsp3) is 0.412. The lowest BCUT2D eigenvalue weighted by Gasteiger charge is -2.15. The van der Waals surface area contributed by atoms with Gasteiger partial charge in [0, 0.05) is 42.7 Å². The fourth-order valence-corrected chi connectivity index (χ4v) is 4.21. The number of aromatic amines is 1. The van der Waals surface area contributed by atoms with Crippen LogP contribution in [0.1, 0.15) is 11.4 Å². The number of halogens is 3. The molecule has 0 radical (unpaired) electrons. The Morgan fingerprint density at radius 2 is 2.03 bits per heavy atom. The first-order valence-electron chi connectivity index (χ1n) is 9.22. The van der Waals surface area contributed by atoms with Crippen LogP contribution in [0.25, 0.3) is 0 Å². The van der Waals surface area contributed by atoms with Gasteiger partial charge in [-0.1, -0.05) is 34.8 Å². The van der Waals surface area contributed by atoms with Crippen molar-refractivity contribution in [3.05, 3.63) is 42.2 Å². The largest absolute Gasteiger partial charge is 0.354 e. The number of alkyl halides is 3. The summed E-state index contributed by atoms with van der Waals surface area (Å²) in [6.07, 6.45) is 4.33. The predicted octanol–water partition coefficient (Wildman–Crippen LogP) is 1.76. The topological polar surface area (TPSA) is 141 Å². The summed E-state index contributed by atoms with van der Waals surface area (Å²) in [7, 11) is -3.90. The van der Waals surface area contributed by atoms with Gasteiger partial charge in [-0.3, -0.25) is 14.8 Å². The first-order chi connectivity index (χ1) is 15.1. The van der Waals surface area contributed by atoms with Crippen LogP contribution < -0.4 is 15.4 Å². The molecule has 1 amide bonds. The van der Waals surface area contributed by atoms with Gasteiger partial charge in [0.25, 0.3) is 19.7 Å². The molecule has 0 aliphatic rings. The number of amides is 1. The van der Waals surface area contributed by atoms with E-state index in [1.54, 1.807) is 18.1 Å². The van der Waals surface area contributed by atoms with Crippen LogP contribution in [0.4, 0.5) is 0 Å². The van der Waals surface area contributed by atoms with E-state index in [9.17, 15) is 13.2 Å². The highest BCUT2D eigenvalue weighted by atomic mass is 35.6. The van der Waals surface area contributed by atoms with Gasteiger partial charge < -0.3 is 15.6 Å². The number of nitrogens with one attached hydrogen (secondary N) is 4. The highest BCUT2D eigenvalue weighted by molar-refractivity contribution is 7.98. The van der Waals surface area contributed by atoms with Gasteiger partial charge in [0.05, 0.1) is 18.6 Å². The van der Waals surface area contributed by atoms with Crippen LogP contribution in [0, 0.1) is 6.92 Å². The van der Waals surface area contributed by atoms with Crippen molar-refractivity contribution in [2.24, 2.45) is 4.99 Å². The molecule has 0 unspecified atom stereocenters. The summed E-state index contributed by atoms with van der Waals surface area (Å²) in [5.74, 6) is 0.575. The minimum atomic E-state index is -3.90. The monoisotopic (exact) mass is 541 g/mol. The van der Waals surface area contributed by atoms with Crippen LogP contribution in [0.15, 0.2) is 40.7 Å². The maximum atomic E-state index is 12.6. The summed E-state index contributed by atoms with van der Waals surface area (Å²) in [6, 6.07) is 2.93. The molecule has 0 aliphatic carbocycles. The average molecular weight is 543 g/mol. The molecule has 2 aromatic rings. The van der Waals surface area contributed by atoms with Crippen LogP contribution in [0.3, 0.4) is 0 Å². The van der Waals surface area contributed by atoms with Crippen molar-refractivity contribution in [1.82, 2.24) is 30.3 Å². The van der Waals surface area contributed by atoms with Gasteiger partial charge in [-0.25, -0.2) is 18.1 Å². The zero-order valence-electron chi connectivity index (χ0n) is 16.9. The van der Waals surface area contributed by atoms with E-state index in [0.29, 0.717) is 18.1 Å². The molecule has 2 heterocycles. The molecule has 32 heavy (non-hydrogen) atoms. The highest BCUT2D eigenvalue weighted by Crippen LogP contribution is 2.25. The van der Waals surface area contributed by atoms with Gasteiger partial charge in [-0.15, -0.1) is 0 Å². The molecule has 4 N–H and O–H groups in total. The normalized spacial score (nSPS) is 12.4. The molecule has 176 valence electrons. The summed E-state index contributed by atoms with van der Waals surface area (Å²) in [4.78, 5) is 26.9. The molecular weight excluding hydrogens is 521 g/mol. The summed E-state index contributed by atoms with van der Waals surface area (Å²) in [5.41, 5.74) is 1.96. The van der Waals surface area contributed by atoms with Crippen molar-refractivity contribution in [1.29, 1.82) is 0 Å². The molecule has 0 aromatic carbocycles. The van der Waals surface area contributed by atoms with Crippen LogP contribution in [0.2, 0.25) is 0 Å². The molecule has 2 aromatic heterocycles. The maximum absolute atomic E-state index is 12.6. The van der Waals surface area contributed by atoms with Crippen molar-refractivity contribution in [3.63, 3.8) is 0 Å². The van der Waals surface area contributed by atoms with E-state index in [2.05, 4.69) is 35.3 Å². The Kier molecular flexibility index (Phi) is 10.4. The van der Waals surface area contributed by atoms with E-state index in [0.717, 1.165) is 11.4 Å². The van der Waals surface area contributed by atoms with Crippen LogP contribution in [0.5, 0.6) is 0 Å². The molecule has 2 rings (SSSR count). The Hall–Kier alpha value is -1.73. The lowest BCUT2D eigenvalue weighted by atomic mass is 10.4. The summed E-state index contributed by atoms with van der Waals surface area (Å²) < 4.78 is 25.5. The number of guanidine groups is 1.